The van der Waals surface area contributed by atoms with Gasteiger partial charge in [0, 0.05) is 18.7 Å². The quantitative estimate of drug-likeness (QED) is 0.611. The highest BCUT2D eigenvalue weighted by Gasteiger charge is 2.39. The smallest absolute Gasteiger partial charge is 0.337 e. The fourth-order valence-corrected chi connectivity index (χ4v) is 2.68. The molecule has 2 rings (SSSR count). The minimum atomic E-state index is -4.74. The van der Waals surface area contributed by atoms with Gasteiger partial charge in [0.15, 0.2) is 0 Å². The minimum Gasteiger partial charge on any atom is -0.465 e. The zero-order valence-electron chi connectivity index (χ0n) is 10.6. The standard InChI is InChI=1S/C12H12FNO5S/c1-19-12(16)8-2-4-9(5-3-8)14-7-10(6-11(14)15)20(13,17)18/h2-5,10H,6-7H2,1H3. The predicted octanol–water partition coefficient (Wildman–Crippen LogP) is 0.878. The molecule has 1 aliphatic heterocycles. The zero-order valence-corrected chi connectivity index (χ0v) is 11.4. The Balaban J connectivity index is 2.21. The number of anilines is 1. The lowest BCUT2D eigenvalue weighted by atomic mass is 10.2. The Labute approximate surface area is 115 Å². The monoisotopic (exact) mass is 301 g/mol. The second-order valence-electron chi connectivity index (χ2n) is 4.34. The molecule has 1 unspecified atom stereocenters. The molecule has 0 spiro atoms. The van der Waals surface area contributed by atoms with E-state index in [1.165, 1.54) is 36.3 Å². The Morgan fingerprint density at radius 2 is 1.95 bits per heavy atom. The topological polar surface area (TPSA) is 80.8 Å². The lowest BCUT2D eigenvalue weighted by molar-refractivity contribution is -0.117. The van der Waals surface area contributed by atoms with Gasteiger partial charge >= 0.3 is 16.2 Å². The first-order chi connectivity index (χ1) is 9.32. The van der Waals surface area contributed by atoms with Crippen LogP contribution in [-0.2, 0) is 19.8 Å². The fraction of sp³-hybridized carbons (Fsp3) is 0.333. The van der Waals surface area contributed by atoms with E-state index < -0.39 is 27.3 Å². The molecule has 20 heavy (non-hydrogen) atoms. The second-order valence-corrected chi connectivity index (χ2v) is 5.96. The van der Waals surface area contributed by atoms with Gasteiger partial charge in [0.25, 0.3) is 0 Å². The van der Waals surface area contributed by atoms with Crippen LogP contribution in [0, 0.1) is 0 Å². The molecule has 1 aromatic rings. The molecule has 1 aliphatic rings. The maximum absolute atomic E-state index is 12.9. The van der Waals surface area contributed by atoms with Crippen molar-refractivity contribution in [1.29, 1.82) is 0 Å². The lowest BCUT2D eigenvalue weighted by Gasteiger charge is -2.16. The van der Waals surface area contributed by atoms with Gasteiger partial charge < -0.3 is 9.64 Å². The molecule has 1 heterocycles. The largest absolute Gasteiger partial charge is 0.465 e. The number of amides is 1. The first kappa shape index (κ1) is 14.4. The van der Waals surface area contributed by atoms with Crippen LogP contribution < -0.4 is 4.90 Å². The molecule has 1 aromatic carbocycles. The van der Waals surface area contributed by atoms with E-state index in [1.807, 2.05) is 0 Å². The number of methoxy groups -OCH3 is 1. The Morgan fingerprint density at radius 3 is 2.40 bits per heavy atom. The average Bonchev–Trinajstić information content (AvgIpc) is 2.80. The SMILES string of the molecule is COC(=O)c1ccc(N2CC(S(=O)(=O)F)CC2=O)cc1. The highest BCUT2D eigenvalue weighted by Crippen LogP contribution is 2.26. The van der Waals surface area contributed by atoms with Crippen molar-refractivity contribution in [2.45, 2.75) is 11.7 Å². The van der Waals surface area contributed by atoms with Crippen molar-refractivity contribution in [3.63, 3.8) is 0 Å². The molecule has 108 valence electrons. The summed E-state index contributed by atoms with van der Waals surface area (Å²) >= 11 is 0. The number of ether oxygens (including phenoxy) is 1. The molecule has 0 bridgehead atoms. The number of hydrogen-bond acceptors (Lipinski definition) is 5. The van der Waals surface area contributed by atoms with Crippen molar-refractivity contribution in [3.8, 4) is 0 Å². The highest BCUT2D eigenvalue weighted by molar-refractivity contribution is 7.87. The van der Waals surface area contributed by atoms with Crippen molar-refractivity contribution < 1.29 is 26.6 Å². The van der Waals surface area contributed by atoms with Crippen molar-refractivity contribution in [2.75, 3.05) is 18.6 Å². The van der Waals surface area contributed by atoms with E-state index in [0.717, 1.165) is 0 Å². The van der Waals surface area contributed by atoms with Gasteiger partial charge in [-0.2, -0.15) is 8.42 Å². The maximum atomic E-state index is 12.9. The lowest BCUT2D eigenvalue weighted by Crippen LogP contribution is -2.26. The Hall–Kier alpha value is -1.96. The van der Waals surface area contributed by atoms with Crippen molar-refractivity contribution in [1.82, 2.24) is 0 Å². The normalized spacial score (nSPS) is 19.2. The summed E-state index contributed by atoms with van der Waals surface area (Å²) < 4.78 is 39.1. The minimum absolute atomic E-state index is 0.227. The first-order valence-corrected chi connectivity index (χ1v) is 7.20. The number of nitrogens with zero attached hydrogens (tertiary/aromatic N) is 1. The van der Waals surface area contributed by atoms with Gasteiger partial charge in [-0.05, 0) is 24.3 Å². The van der Waals surface area contributed by atoms with E-state index in [-0.39, 0.29) is 13.0 Å². The van der Waals surface area contributed by atoms with Gasteiger partial charge in [0.1, 0.15) is 5.25 Å². The molecule has 0 aromatic heterocycles. The summed E-state index contributed by atoms with van der Waals surface area (Å²) in [7, 11) is -3.49. The van der Waals surface area contributed by atoms with Gasteiger partial charge in [-0.25, -0.2) is 4.79 Å². The molecule has 0 saturated carbocycles. The van der Waals surface area contributed by atoms with E-state index in [4.69, 9.17) is 0 Å². The number of halogens is 1. The van der Waals surface area contributed by atoms with Crippen LogP contribution in [0.15, 0.2) is 24.3 Å². The Bertz CT molecular complexity index is 640. The number of carbonyl (C=O) groups excluding carboxylic acids is 2. The highest BCUT2D eigenvalue weighted by atomic mass is 32.3. The molecule has 1 amide bonds. The molecule has 0 N–H and O–H groups in total. The summed E-state index contributed by atoms with van der Waals surface area (Å²) in [6.07, 6.45) is -0.377. The number of benzene rings is 1. The van der Waals surface area contributed by atoms with E-state index in [1.54, 1.807) is 0 Å². The third kappa shape index (κ3) is 2.79. The van der Waals surface area contributed by atoms with E-state index in [0.29, 0.717) is 11.3 Å². The maximum Gasteiger partial charge on any atom is 0.337 e. The molecule has 1 saturated heterocycles. The molecular weight excluding hydrogens is 289 g/mol. The van der Waals surface area contributed by atoms with Gasteiger partial charge in [-0.15, -0.1) is 3.89 Å². The van der Waals surface area contributed by atoms with Crippen molar-refractivity contribution >= 4 is 27.8 Å². The third-order valence-electron chi connectivity index (χ3n) is 3.09. The summed E-state index contributed by atoms with van der Waals surface area (Å²) in [5.41, 5.74) is 0.714. The Morgan fingerprint density at radius 1 is 1.35 bits per heavy atom. The second kappa shape index (κ2) is 5.20. The molecule has 1 fully saturated rings. The van der Waals surface area contributed by atoms with Crippen LogP contribution in [0.1, 0.15) is 16.8 Å². The number of carbonyl (C=O) groups is 2. The summed E-state index contributed by atoms with van der Waals surface area (Å²) in [6, 6.07) is 5.87. The fourth-order valence-electron chi connectivity index (χ4n) is 2.01. The summed E-state index contributed by atoms with van der Waals surface area (Å²) in [6.45, 7) is -0.227. The summed E-state index contributed by atoms with van der Waals surface area (Å²) in [5.74, 6) is -0.990. The summed E-state index contributed by atoms with van der Waals surface area (Å²) in [4.78, 5) is 24.2. The molecular formula is C12H12FNO5S. The van der Waals surface area contributed by atoms with E-state index >= 15 is 0 Å². The Kier molecular flexibility index (Phi) is 3.76. The van der Waals surface area contributed by atoms with Crippen molar-refractivity contribution in [2.24, 2.45) is 0 Å². The van der Waals surface area contributed by atoms with Crippen molar-refractivity contribution in [3.05, 3.63) is 29.8 Å². The van der Waals surface area contributed by atoms with Crippen LogP contribution in [0.4, 0.5) is 9.57 Å². The molecule has 8 heteroatoms. The van der Waals surface area contributed by atoms with Crippen LogP contribution in [-0.4, -0.2) is 39.2 Å². The van der Waals surface area contributed by atoms with Crippen LogP contribution >= 0.6 is 0 Å². The molecule has 0 radical (unpaired) electrons. The zero-order chi connectivity index (χ0) is 14.9. The van der Waals surface area contributed by atoms with Crippen LogP contribution in [0.3, 0.4) is 0 Å². The van der Waals surface area contributed by atoms with E-state index in [9.17, 15) is 21.9 Å². The van der Waals surface area contributed by atoms with Gasteiger partial charge in [0.05, 0.1) is 12.7 Å². The van der Waals surface area contributed by atoms with Gasteiger partial charge in [0.2, 0.25) is 5.91 Å². The number of hydrogen-bond donors (Lipinski definition) is 0. The van der Waals surface area contributed by atoms with Crippen LogP contribution in [0.5, 0.6) is 0 Å². The van der Waals surface area contributed by atoms with Gasteiger partial charge in [-0.3, -0.25) is 4.79 Å². The average molecular weight is 301 g/mol. The first-order valence-electron chi connectivity index (χ1n) is 5.75. The van der Waals surface area contributed by atoms with Crippen LogP contribution in [0.25, 0.3) is 0 Å². The molecule has 1 atom stereocenters. The van der Waals surface area contributed by atoms with E-state index in [2.05, 4.69) is 4.74 Å². The summed E-state index contributed by atoms with van der Waals surface area (Å²) in [5, 5.41) is -1.34. The van der Waals surface area contributed by atoms with Gasteiger partial charge in [-0.1, -0.05) is 0 Å². The number of esters is 1. The predicted molar refractivity (Wildman–Crippen MR) is 68.6 cm³/mol. The molecule has 0 aliphatic carbocycles. The van der Waals surface area contributed by atoms with Crippen LogP contribution in [0.2, 0.25) is 0 Å². The third-order valence-corrected chi connectivity index (χ3v) is 4.20. The number of rotatable bonds is 3. The molecule has 6 nitrogen and oxygen atoms in total.